The largest absolute Gasteiger partial charge is 0.487 e. The van der Waals surface area contributed by atoms with Crippen molar-refractivity contribution in [3.63, 3.8) is 0 Å². The molecule has 0 spiro atoms. The Morgan fingerprint density at radius 2 is 1.86 bits per heavy atom. The van der Waals surface area contributed by atoms with Crippen molar-refractivity contribution >= 4 is 5.91 Å². The van der Waals surface area contributed by atoms with E-state index in [2.05, 4.69) is 31.3 Å². The maximum Gasteiger partial charge on any atom is 0.258 e. The number of hydrogen-bond acceptors (Lipinski definition) is 3. The van der Waals surface area contributed by atoms with E-state index in [1.54, 1.807) is 0 Å². The molecule has 4 rings (SSSR count). The molecule has 0 saturated carbocycles. The number of aryl methyl sites for hydroxylation is 2. The lowest BCUT2D eigenvalue weighted by atomic mass is 9.83. The van der Waals surface area contributed by atoms with Crippen LogP contribution in [0.4, 0.5) is 0 Å². The van der Waals surface area contributed by atoms with Gasteiger partial charge in [0.05, 0.1) is 6.04 Å². The summed E-state index contributed by atoms with van der Waals surface area (Å²) in [6.45, 7) is 4.33. The lowest BCUT2D eigenvalue weighted by Gasteiger charge is -2.41. The Kier molecular flexibility index (Phi) is 5.79. The van der Waals surface area contributed by atoms with E-state index in [0.29, 0.717) is 0 Å². The first-order chi connectivity index (χ1) is 14.1. The van der Waals surface area contributed by atoms with Gasteiger partial charge in [0.25, 0.3) is 5.91 Å². The van der Waals surface area contributed by atoms with Gasteiger partial charge in [0.15, 0.2) is 6.61 Å². The van der Waals surface area contributed by atoms with Gasteiger partial charge in [-0.2, -0.15) is 0 Å². The maximum atomic E-state index is 12.7. The summed E-state index contributed by atoms with van der Waals surface area (Å²) in [5.41, 5.74) is 3.60. The Hall–Kier alpha value is -2.49. The fourth-order valence-electron chi connectivity index (χ4n) is 4.61. The molecule has 1 atom stereocenters. The molecule has 0 aromatic heterocycles. The molecular formula is C25H31NO3. The summed E-state index contributed by atoms with van der Waals surface area (Å²) in [7, 11) is 0. The zero-order valence-corrected chi connectivity index (χ0v) is 17.5. The number of nitrogens with one attached hydrogen (secondary N) is 1. The van der Waals surface area contributed by atoms with Crippen LogP contribution in [0.25, 0.3) is 0 Å². The lowest BCUT2D eigenvalue weighted by molar-refractivity contribution is -0.124. The van der Waals surface area contributed by atoms with Crippen LogP contribution in [0.15, 0.2) is 42.5 Å². The number of hydrogen-bond donors (Lipinski definition) is 1. The predicted molar refractivity (Wildman–Crippen MR) is 114 cm³/mol. The fraction of sp³-hybridized carbons (Fsp3) is 0.480. The van der Waals surface area contributed by atoms with Crippen LogP contribution in [-0.4, -0.2) is 18.1 Å². The summed E-state index contributed by atoms with van der Waals surface area (Å²) in [6, 6.07) is 14.2. The standard InChI is InChI=1S/C25H31NO3/c1-3-25(4-2)16-22(21-11-7-8-12-23(21)29-25)26-24(27)17-28-20-14-13-18-9-5-6-10-19(18)15-20/h7-8,11-15,22H,3-6,9-10,16-17H2,1-2H3,(H,26,27)/t22-/m1/s1. The molecule has 154 valence electrons. The zero-order chi connectivity index (χ0) is 20.3. The fourth-order valence-corrected chi connectivity index (χ4v) is 4.61. The SMILES string of the molecule is CCC1(CC)C[C@@H](NC(=O)COc2ccc3c(c2)CCCC3)c2ccccc2O1. The van der Waals surface area contributed by atoms with E-state index in [0.717, 1.165) is 49.2 Å². The highest BCUT2D eigenvalue weighted by Gasteiger charge is 2.38. The molecule has 0 saturated heterocycles. The third-order valence-corrected chi connectivity index (χ3v) is 6.51. The molecule has 4 heteroatoms. The van der Waals surface area contributed by atoms with E-state index >= 15 is 0 Å². The van der Waals surface area contributed by atoms with Gasteiger partial charge in [-0.3, -0.25) is 4.79 Å². The van der Waals surface area contributed by atoms with E-state index in [4.69, 9.17) is 9.47 Å². The molecule has 0 radical (unpaired) electrons. The quantitative estimate of drug-likeness (QED) is 0.739. The third-order valence-electron chi connectivity index (χ3n) is 6.51. The van der Waals surface area contributed by atoms with E-state index in [1.807, 2.05) is 30.3 Å². The number of rotatable bonds is 6. The highest BCUT2D eigenvalue weighted by atomic mass is 16.5. The lowest BCUT2D eigenvalue weighted by Crippen LogP contribution is -2.45. The molecule has 1 aliphatic heterocycles. The minimum Gasteiger partial charge on any atom is -0.487 e. The Labute approximate surface area is 173 Å². The summed E-state index contributed by atoms with van der Waals surface area (Å²) in [5.74, 6) is 1.57. The van der Waals surface area contributed by atoms with Crippen LogP contribution in [0.5, 0.6) is 11.5 Å². The predicted octanol–water partition coefficient (Wildman–Crippen LogP) is 5.14. The van der Waals surface area contributed by atoms with Crippen molar-refractivity contribution in [1.29, 1.82) is 0 Å². The second kappa shape index (κ2) is 8.48. The maximum absolute atomic E-state index is 12.7. The first-order valence-electron chi connectivity index (χ1n) is 10.9. The minimum atomic E-state index is -0.231. The number of fused-ring (bicyclic) bond motifs is 2. The van der Waals surface area contributed by atoms with Crippen LogP contribution < -0.4 is 14.8 Å². The van der Waals surface area contributed by atoms with Gasteiger partial charge in [-0.05, 0) is 67.9 Å². The van der Waals surface area contributed by atoms with Gasteiger partial charge in [-0.25, -0.2) is 0 Å². The van der Waals surface area contributed by atoms with E-state index in [1.165, 1.54) is 24.0 Å². The highest BCUT2D eigenvalue weighted by molar-refractivity contribution is 5.78. The van der Waals surface area contributed by atoms with Crippen molar-refractivity contribution in [2.24, 2.45) is 0 Å². The average molecular weight is 394 g/mol. The number of para-hydroxylation sites is 1. The molecule has 0 fully saturated rings. The summed E-state index contributed by atoms with van der Waals surface area (Å²) < 4.78 is 12.2. The van der Waals surface area contributed by atoms with Crippen molar-refractivity contribution < 1.29 is 14.3 Å². The zero-order valence-electron chi connectivity index (χ0n) is 17.5. The topological polar surface area (TPSA) is 47.6 Å². The summed E-state index contributed by atoms with van der Waals surface area (Å²) >= 11 is 0. The molecule has 0 bridgehead atoms. The molecule has 2 aromatic rings. The second-order valence-electron chi connectivity index (χ2n) is 8.28. The molecule has 2 aromatic carbocycles. The first kappa shape index (κ1) is 19.8. The molecule has 1 heterocycles. The number of ether oxygens (including phenoxy) is 2. The number of amides is 1. The van der Waals surface area contributed by atoms with Crippen LogP contribution in [0, 0.1) is 0 Å². The van der Waals surface area contributed by atoms with Crippen LogP contribution in [-0.2, 0) is 17.6 Å². The van der Waals surface area contributed by atoms with Gasteiger partial charge in [0, 0.05) is 12.0 Å². The van der Waals surface area contributed by atoms with Crippen LogP contribution in [0.2, 0.25) is 0 Å². The van der Waals surface area contributed by atoms with Gasteiger partial charge in [0.1, 0.15) is 17.1 Å². The molecule has 1 aliphatic carbocycles. The van der Waals surface area contributed by atoms with E-state index in [9.17, 15) is 4.79 Å². The number of carbonyl (C=O) groups is 1. The van der Waals surface area contributed by atoms with Crippen molar-refractivity contribution in [3.8, 4) is 11.5 Å². The minimum absolute atomic E-state index is 0.0313. The number of carbonyl (C=O) groups excluding carboxylic acids is 1. The normalized spacial score (nSPS) is 19.4. The molecule has 0 unspecified atom stereocenters. The van der Waals surface area contributed by atoms with Crippen LogP contribution in [0.3, 0.4) is 0 Å². The summed E-state index contributed by atoms with van der Waals surface area (Å²) in [5, 5.41) is 3.19. The number of benzene rings is 2. The molecule has 29 heavy (non-hydrogen) atoms. The van der Waals surface area contributed by atoms with Gasteiger partial charge in [-0.1, -0.05) is 38.1 Å². The molecule has 4 nitrogen and oxygen atoms in total. The monoisotopic (exact) mass is 393 g/mol. The molecule has 2 aliphatic rings. The van der Waals surface area contributed by atoms with Crippen LogP contribution in [0.1, 0.15) is 68.7 Å². The Morgan fingerprint density at radius 3 is 2.66 bits per heavy atom. The van der Waals surface area contributed by atoms with Crippen molar-refractivity contribution in [2.45, 2.75) is 70.4 Å². The Morgan fingerprint density at radius 1 is 1.10 bits per heavy atom. The van der Waals surface area contributed by atoms with Crippen molar-refractivity contribution in [3.05, 3.63) is 59.2 Å². The van der Waals surface area contributed by atoms with E-state index < -0.39 is 0 Å². The Bertz CT molecular complexity index is 872. The first-order valence-corrected chi connectivity index (χ1v) is 10.9. The average Bonchev–Trinajstić information content (AvgIpc) is 2.77. The van der Waals surface area contributed by atoms with Crippen LogP contribution >= 0.6 is 0 Å². The smallest absolute Gasteiger partial charge is 0.258 e. The van der Waals surface area contributed by atoms with Gasteiger partial charge < -0.3 is 14.8 Å². The highest BCUT2D eigenvalue weighted by Crippen LogP contribution is 2.42. The van der Waals surface area contributed by atoms with Gasteiger partial charge in [-0.15, -0.1) is 0 Å². The second-order valence-corrected chi connectivity index (χ2v) is 8.28. The van der Waals surface area contributed by atoms with Crippen molar-refractivity contribution in [2.75, 3.05) is 6.61 Å². The molecule has 1 amide bonds. The van der Waals surface area contributed by atoms with E-state index in [-0.39, 0.29) is 24.2 Å². The third kappa shape index (κ3) is 4.26. The van der Waals surface area contributed by atoms with Gasteiger partial charge >= 0.3 is 0 Å². The Balaban J connectivity index is 1.42. The summed E-state index contributed by atoms with van der Waals surface area (Å²) in [6.07, 6.45) is 7.35. The molecular weight excluding hydrogens is 362 g/mol. The molecule has 1 N–H and O–H groups in total. The van der Waals surface area contributed by atoms with Gasteiger partial charge in [0.2, 0.25) is 0 Å². The summed E-state index contributed by atoms with van der Waals surface area (Å²) in [4.78, 5) is 12.7. The van der Waals surface area contributed by atoms with Crippen molar-refractivity contribution in [1.82, 2.24) is 5.32 Å².